The molecule has 0 aliphatic rings. The Hall–Kier alpha value is -2.38. The SMILES string of the molecule is CC(C)CC(CNC(=O)c1c[nH]c(=O)[nH]c1=O)CC(=O)O. The minimum absolute atomic E-state index is 0.0551. The Bertz CT molecular complexity index is 617. The number of hydrogen-bond acceptors (Lipinski definition) is 4. The largest absolute Gasteiger partial charge is 0.481 e. The number of H-pyrrole nitrogens is 2. The predicted octanol–water partition coefficient (Wildman–Crippen LogP) is -0.0700. The molecule has 1 unspecified atom stereocenters. The molecule has 0 saturated heterocycles. The molecule has 21 heavy (non-hydrogen) atoms. The lowest BCUT2D eigenvalue weighted by molar-refractivity contribution is -0.138. The van der Waals surface area contributed by atoms with Gasteiger partial charge in [-0.2, -0.15) is 0 Å². The molecule has 8 heteroatoms. The maximum absolute atomic E-state index is 11.9. The first-order chi connectivity index (χ1) is 9.79. The third-order valence-electron chi connectivity index (χ3n) is 2.88. The standard InChI is InChI=1S/C13H19N3O5/c1-7(2)3-8(4-10(17)18)5-14-11(19)9-6-15-13(21)16-12(9)20/h6-8H,3-5H2,1-2H3,(H,14,19)(H,17,18)(H2,15,16,20,21). The van der Waals surface area contributed by atoms with Crippen molar-refractivity contribution >= 4 is 11.9 Å². The number of aliphatic carboxylic acids is 1. The van der Waals surface area contributed by atoms with Gasteiger partial charge in [0, 0.05) is 19.2 Å². The summed E-state index contributed by atoms with van der Waals surface area (Å²) in [6.45, 7) is 4.08. The normalized spacial score (nSPS) is 12.1. The van der Waals surface area contributed by atoms with Crippen LogP contribution in [0.4, 0.5) is 0 Å². The van der Waals surface area contributed by atoms with Gasteiger partial charge in [0.25, 0.3) is 11.5 Å². The van der Waals surface area contributed by atoms with Crippen LogP contribution < -0.4 is 16.6 Å². The molecule has 0 aliphatic carbocycles. The first-order valence-electron chi connectivity index (χ1n) is 6.61. The third kappa shape index (κ3) is 5.64. The monoisotopic (exact) mass is 297 g/mol. The van der Waals surface area contributed by atoms with Crippen LogP contribution in [0.3, 0.4) is 0 Å². The van der Waals surface area contributed by atoms with E-state index in [1.807, 2.05) is 18.8 Å². The molecule has 0 bridgehead atoms. The molecule has 0 fully saturated rings. The average molecular weight is 297 g/mol. The minimum atomic E-state index is -0.934. The lowest BCUT2D eigenvalue weighted by Gasteiger charge is -2.17. The lowest BCUT2D eigenvalue weighted by atomic mass is 9.94. The van der Waals surface area contributed by atoms with E-state index < -0.39 is 23.1 Å². The first kappa shape index (κ1) is 16.7. The van der Waals surface area contributed by atoms with Crippen molar-refractivity contribution in [3.8, 4) is 0 Å². The summed E-state index contributed by atoms with van der Waals surface area (Å²) < 4.78 is 0. The molecule has 0 spiro atoms. The number of amides is 1. The average Bonchev–Trinajstić information content (AvgIpc) is 2.34. The van der Waals surface area contributed by atoms with E-state index in [-0.39, 0.29) is 24.4 Å². The number of rotatable bonds is 7. The zero-order valence-electron chi connectivity index (χ0n) is 11.9. The summed E-state index contributed by atoms with van der Waals surface area (Å²) in [4.78, 5) is 49.1. The van der Waals surface area contributed by atoms with E-state index in [2.05, 4.69) is 10.3 Å². The van der Waals surface area contributed by atoms with Crippen LogP contribution in [0, 0.1) is 11.8 Å². The molecule has 4 N–H and O–H groups in total. The molecular weight excluding hydrogens is 278 g/mol. The van der Waals surface area contributed by atoms with Crippen molar-refractivity contribution < 1.29 is 14.7 Å². The van der Waals surface area contributed by atoms with Gasteiger partial charge in [-0.1, -0.05) is 13.8 Å². The highest BCUT2D eigenvalue weighted by atomic mass is 16.4. The second kappa shape index (κ2) is 7.41. The second-order valence-electron chi connectivity index (χ2n) is 5.29. The molecule has 1 aromatic heterocycles. The highest BCUT2D eigenvalue weighted by Crippen LogP contribution is 2.14. The van der Waals surface area contributed by atoms with Crippen molar-refractivity contribution in [2.75, 3.05) is 6.54 Å². The molecule has 1 heterocycles. The fourth-order valence-corrected chi connectivity index (χ4v) is 2.06. The summed E-state index contributed by atoms with van der Waals surface area (Å²) in [7, 11) is 0. The molecule has 1 amide bonds. The molecule has 8 nitrogen and oxygen atoms in total. The quantitative estimate of drug-likeness (QED) is 0.559. The van der Waals surface area contributed by atoms with Crippen LogP contribution in [-0.4, -0.2) is 33.5 Å². The fourth-order valence-electron chi connectivity index (χ4n) is 2.06. The molecule has 1 aromatic rings. The van der Waals surface area contributed by atoms with Crippen molar-refractivity contribution in [1.29, 1.82) is 0 Å². The molecule has 0 saturated carbocycles. The smallest absolute Gasteiger partial charge is 0.325 e. The van der Waals surface area contributed by atoms with Gasteiger partial charge in [0.2, 0.25) is 0 Å². The predicted molar refractivity (Wildman–Crippen MR) is 75.2 cm³/mol. The number of carbonyl (C=O) groups excluding carboxylic acids is 1. The van der Waals surface area contributed by atoms with Crippen LogP contribution >= 0.6 is 0 Å². The van der Waals surface area contributed by atoms with E-state index in [0.717, 1.165) is 6.20 Å². The third-order valence-corrected chi connectivity index (χ3v) is 2.88. The Kier molecular flexibility index (Phi) is 5.89. The van der Waals surface area contributed by atoms with Crippen LogP contribution in [0.2, 0.25) is 0 Å². The summed E-state index contributed by atoms with van der Waals surface area (Å²) in [5, 5.41) is 11.4. The second-order valence-corrected chi connectivity index (χ2v) is 5.29. The van der Waals surface area contributed by atoms with E-state index in [1.165, 1.54) is 0 Å². The Balaban J connectivity index is 2.70. The maximum atomic E-state index is 11.9. The molecule has 1 atom stereocenters. The topological polar surface area (TPSA) is 132 Å². The molecule has 0 aliphatic heterocycles. The van der Waals surface area contributed by atoms with Gasteiger partial charge in [-0.25, -0.2) is 4.79 Å². The Morgan fingerprint density at radius 3 is 2.52 bits per heavy atom. The van der Waals surface area contributed by atoms with Gasteiger partial charge in [0.1, 0.15) is 5.56 Å². The van der Waals surface area contributed by atoms with Crippen molar-refractivity contribution in [3.05, 3.63) is 32.6 Å². The Labute approximate surface area is 120 Å². The van der Waals surface area contributed by atoms with Gasteiger partial charge < -0.3 is 15.4 Å². The van der Waals surface area contributed by atoms with E-state index in [4.69, 9.17) is 5.11 Å². The number of aromatic nitrogens is 2. The van der Waals surface area contributed by atoms with E-state index >= 15 is 0 Å². The number of carbonyl (C=O) groups is 2. The van der Waals surface area contributed by atoms with Gasteiger partial charge in [0.15, 0.2) is 0 Å². The van der Waals surface area contributed by atoms with Crippen LogP contribution in [0.25, 0.3) is 0 Å². The molecule has 0 aromatic carbocycles. The minimum Gasteiger partial charge on any atom is -0.481 e. The fraction of sp³-hybridized carbons (Fsp3) is 0.538. The van der Waals surface area contributed by atoms with E-state index in [0.29, 0.717) is 12.3 Å². The van der Waals surface area contributed by atoms with Gasteiger partial charge >= 0.3 is 11.7 Å². The highest BCUT2D eigenvalue weighted by molar-refractivity contribution is 5.93. The van der Waals surface area contributed by atoms with Crippen molar-refractivity contribution in [2.24, 2.45) is 11.8 Å². The zero-order valence-corrected chi connectivity index (χ0v) is 11.9. The van der Waals surface area contributed by atoms with Crippen LogP contribution in [0.15, 0.2) is 15.8 Å². The van der Waals surface area contributed by atoms with Crippen LogP contribution in [0.1, 0.15) is 37.0 Å². The number of carboxylic acid groups (broad SMARTS) is 1. The molecule has 0 radical (unpaired) electrons. The van der Waals surface area contributed by atoms with Gasteiger partial charge in [-0.05, 0) is 18.3 Å². The summed E-state index contributed by atoms with van der Waals surface area (Å²) in [5.41, 5.74) is -1.69. The van der Waals surface area contributed by atoms with E-state index in [9.17, 15) is 19.2 Å². The van der Waals surface area contributed by atoms with Crippen molar-refractivity contribution in [2.45, 2.75) is 26.7 Å². The molecule has 116 valence electrons. The first-order valence-corrected chi connectivity index (χ1v) is 6.61. The number of nitrogens with one attached hydrogen (secondary N) is 3. The van der Waals surface area contributed by atoms with Gasteiger partial charge in [-0.3, -0.25) is 19.4 Å². The Morgan fingerprint density at radius 1 is 1.33 bits per heavy atom. The Morgan fingerprint density at radius 2 is 2.00 bits per heavy atom. The van der Waals surface area contributed by atoms with Crippen LogP contribution in [0.5, 0.6) is 0 Å². The lowest BCUT2D eigenvalue weighted by Crippen LogP contribution is -2.36. The summed E-state index contributed by atoms with van der Waals surface area (Å²) in [5.74, 6) is -1.50. The number of aromatic amines is 2. The summed E-state index contributed by atoms with van der Waals surface area (Å²) >= 11 is 0. The maximum Gasteiger partial charge on any atom is 0.325 e. The summed E-state index contributed by atoms with van der Waals surface area (Å²) in [6.07, 6.45) is 1.63. The zero-order chi connectivity index (χ0) is 16.0. The highest BCUT2D eigenvalue weighted by Gasteiger charge is 2.17. The van der Waals surface area contributed by atoms with Crippen molar-refractivity contribution in [1.82, 2.24) is 15.3 Å². The van der Waals surface area contributed by atoms with Gasteiger partial charge in [-0.15, -0.1) is 0 Å². The summed E-state index contributed by atoms with van der Waals surface area (Å²) in [6, 6.07) is 0. The number of carboxylic acids is 1. The van der Waals surface area contributed by atoms with E-state index in [1.54, 1.807) is 0 Å². The van der Waals surface area contributed by atoms with Crippen LogP contribution in [-0.2, 0) is 4.79 Å². The molecule has 1 rings (SSSR count). The van der Waals surface area contributed by atoms with Gasteiger partial charge in [0.05, 0.1) is 0 Å². The molecular formula is C13H19N3O5. The van der Waals surface area contributed by atoms with Crippen molar-refractivity contribution in [3.63, 3.8) is 0 Å². The number of hydrogen-bond donors (Lipinski definition) is 4.